The van der Waals surface area contributed by atoms with Crippen molar-refractivity contribution in [2.75, 3.05) is 5.32 Å². The van der Waals surface area contributed by atoms with Gasteiger partial charge in [-0.2, -0.15) is 0 Å². The number of halogens is 1. The molecular weight excluding hydrogens is 200 g/mol. The number of carbonyl (C=O) groups is 1. The molecule has 4 heteroatoms. The van der Waals surface area contributed by atoms with Gasteiger partial charge in [-0.1, -0.05) is 11.6 Å². The molecular formula is C10H13ClN2O. The lowest BCUT2D eigenvalue weighted by Crippen LogP contribution is -2.13. The summed E-state index contributed by atoms with van der Waals surface area (Å²) in [5.74, 6) is -0.469. The fourth-order valence-electron chi connectivity index (χ4n) is 1.10. The Morgan fingerprint density at radius 1 is 1.50 bits per heavy atom. The first-order chi connectivity index (χ1) is 6.50. The predicted molar refractivity (Wildman–Crippen MR) is 58.7 cm³/mol. The number of anilines is 1. The summed E-state index contributed by atoms with van der Waals surface area (Å²) in [6, 6.07) is 5.27. The second kappa shape index (κ2) is 4.33. The van der Waals surface area contributed by atoms with Crippen molar-refractivity contribution < 1.29 is 4.79 Å². The van der Waals surface area contributed by atoms with E-state index in [1.165, 1.54) is 0 Å². The van der Waals surface area contributed by atoms with Crippen LogP contribution in [0.1, 0.15) is 24.2 Å². The van der Waals surface area contributed by atoms with Gasteiger partial charge in [-0.3, -0.25) is 4.79 Å². The summed E-state index contributed by atoms with van der Waals surface area (Å²) in [7, 11) is 0. The summed E-state index contributed by atoms with van der Waals surface area (Å²) in [4.78, 5) is 10.8. The van der Waals surface area contributed by atoms with Crippen LogP contribution in [0.3, 0.4) is 0 Å². The lowest BCUT2D eigenvalue weighted by atomic mass is 10.2. The van der Waals surface area contributed by atoms with Gasteiger partial charge in [0, 0.05) is 11.6 Å². The molecule has 0 fully saturated rings. The molecule has 1 rings (SSSR count). The molecule has 14 heavy (non-hydrogen) atoms. The van der Waals surface area contributed by atoms with Gasteiger partial charge in [0.25, 0.3) is 0 Å². The van der Waals surface area contributed by atoms with Crippen molar-refractivity contribution in [1.82, 2.24) is 0 Å². The Labute approximate surface area is 88.2 Å². The highest BCUT2D eigenvalue weighted by Gasteiger charge is 2.05. The van der Waals surface area contributed by atoms with E-state index >= 15 is 0 Å². The Bertz CT molecular complexity index is 350. The van der Waals surface area contributed by atoms with Crippen LogP contribution in [0.4, 0.5) is 5.69 Å². The van der Waals surface area contributed by atoms with E-state index in [2.05, 4.69) is 5.32 Å². The highest BCUT2D eigenvalue weighted by molar-refractivity contribution is 6.33. The van der Waals surface area contributed by atoms with Gasteiger partial charge >= 0.3 is 0 Å². The number of primary amides is 1. The van der Waals surface area contributed by atoms with Gasteiger partial charge in [0.1, 0.15) is 0 Å². The van der Waals surface area contributed by atoms with Crippen LogP contribution in [0.25, 0.3) is 0 Å². The quantitative estimate of drug-likeness (QED) is 0.808. The predicted octanol–water partition coefficient (Wildman–Crippen LogP) is 2.26. The maximum atomic E-state index is 10.8. The SMILES string of the molecule is CC(C)Nc1ccc(C(N)=O)cc1Cl. The van der Waals surface area contributed by atoms with E-state index in [4.69, 9.17) is 17.3 Å². The minimum Gasteiger partial charge on any atom is -0.382 e. The van der Waals surface area contributed by atoms with E-state index in [0.29, 0.717) is 16.6 Å². The number of carbonyl (C=O) groups excluding carboxylic acids is 1. The number of amides is 1. The smallest absolute Gasteiger partial charge is 0.248 e. The van der Waals surface area contributed by atoms with Crippen LogP contribution in [-0.4, -0.2) is 11.9 Å². The molecule has 1 aromatic rings. The Morgan fingerprint density at radius 3 is 2.57 bits per heavy atom. The van der Waals surface area contributed by atoms with Crippen molar-refractivity contribution in [3.05, 3.63) is 28.8 Å². The standard InChI is InChI=1S/C10H13ClN2O/c1-6(2)13-9-4-3-7(10(12)14)5-8(9)11/h3-6,13H,1-2H3,(H2,12,14). The summed E-state index contributed by atoms with van der Waals surface area (Å²) in [6.07, 6.45) is 0. The van der Waals surface area contributed by atoms with E-state index in [0.717, 1.165) is 5.69 Å². The van der Waals surface area contributed by atoms with Gasteiger partial charge < -0.3 is 11.1 Å². The molecule has 0 heterocycles. The van der Waals surface area contributed by atoms with Gasteiger partial charge in [0.2, 0.25) is 5.91 Å². The van der Waals surface area contributed by atoms with Crippen LogP contribution in [-0.2, 0) is 0 Å². The summed E-state index contributed by atoms with van der Waals surface area (Å²) in [5, 5.41) is 3.66. The molecule has 0 unspecified atom stereocenters. The maximum absolute atomic E-state index is 10.8. The van der Waals surface area contributed by atoms with Crippen molar-refractivity contribution in [1.29, 1.82) is 0 Å². The average Bonchev–Trinajstić information content (AvgIpc) is 2.07. The van der Waals surface area contributed by atoms with Crippen LogP contribution in [0, 0.1) is 0 Å². The molecule has 0 aliphatic rings. The zero-order chi connectivity index (χ0) is 10.7. The van der Waals surface area contributed by atoms with Gasteiger partial charge in [0.05, 0.1) is 10.7 Å². The number of rotatable bonds is 3. The molecule has 76 valence electrons. The van der Waals surface area contributed by atoms with Crippen molar-refractivity contribution in [2.45, 2.75) is 19.9 Å². The first-order valence-corrected chi connectivity index (χ1v) is 4.74. The van der Waals surface area contributed by atoms with Gasteiger partial charge in [0.15, 0.2) is 0 Å². The molecule has 0 aliphatic heterocycles. The number of hydrogen-bond donors (Lipinski definition) is 2. The summed E-state index contributed by atoms with van der Waals surface area (Å²) >= 11 is 5.95. The van der Waals surface area contributed by atoms with Gasteiger partial charge in [-0.25, -0.2) is 0 Å². The lowest BCUT2D eigenvalue weighted by Gasteiger charge is -2.11. The van der Waals surface area contributed by atoms with Crippen molar-refractivity contribution in [3.63, 3.8) is 0 Å². The molecule has 0 saturated carbocycles. The molecule has 0 radical (unpaired) electrons. The second-order valence-electron chi connectivity index (χ2n) is 3.36. The molecule has 3 N–H and O–H groups in total. The number of benzene rings is 1. The van der Waals surface area contributed by atoms with Crippen molar-refractivity contribution in [2.24, 2.45) is 5.73 Å². The van der Waals surface area contributed by atoms with Gasteiger partial charge in [-0.15, -0.1) is 0 Å². The molecule has 0 aromatic heterocycles. The Hall–Kier alpha value is -1.22. The van der Waals surface area contributed by atoms with Gasteiger partial charge in [-0.05, 0) is 32.0 Å². The largest absolute Gasteiger partial charge is 0.382 e. The van der Waals surface area contributed by atoms with Crippen LogP contribution < -0.4 is 11.1 Å². The third-order valence-corrected chi connectivity index (χ3v) is 2.01. The van der Waals surface area contributed by atoms with Crippen LogP contribution in [0.15, 0.2) is 18.2 Å². The fourth-order valence-corrected chi connectivity index (χ4v) is 1.33. The Morgan fingerprint density at radius 2 is 2.14 bits per heavy atom. The molecule has 0 saturated heterocycles. The third-order valence-electron chi connectivity index (χ3n) is 1.70. The Balaban J connectivity index is 2.95. The second-order valence-corrected chi connectivity index (χ2v) is 3.77. The van der Waals surface area contributed by atoms with E-state index < -0.39 is 5.91 Å². The number of hydrogen-bond acceptors (Lipinski definition) is 2. The number of nitrogens with two attached hydrogens (primary N) is 1. The maximum Gasteiger partial charge on any atom is 0.248 e. The third kappa shape index (κ3) is 2.64. The van der Waals surface area contributed by atoms with Crippen LogP contribution in [0.2, 0.25) is 5.02 Å². The van der Waals surface area contributed by atoms with Crippen molar-refractivity contribution in [3.8, 4) is 0 Å². The van der Waals surface area contributed by atoms with E-state index in [9.17, 15) is 4.79 Å². The average molecular weight is 213 g/mol. The molecule has 0 aliphatic carbocycles. The molecule has 1 aromatic carbocycles. The molecule has 1 amide bonds. The minimum absolute atomic E-state index is 0.298. The summed E-state index contributed by atoms with van der Waals surface area (Å²) in [5.41, 5.74) is 6.35. The Kier molecular flexibility index (Phi) is 3.36. The number of nitrogens with one attached hydrogen (secondary N) is 1. The van der Waals surface area contributed by atoms with E-state index in [1.807, 2.05) is 13.8 Å². The van der Waals surface area contributed by atoms with Crippen molar-refractivity contribution >= 4 is 23.2 Å². The first-order valence-electron chi connectivity index (χ1n) is 4.36. The minimum atomic E-state index is -0.469. The highest BCUT2D eigenvalue weighted by Crippen LogP contribution is 2.23. The topological polar surface area (TPSA) is 55.1 Å². The zero-order valence-electron chi connectivity index (χ0n) is 8.17. The molecule has 3 nitrogen and oxygen atoms in total. The normalized spacial score (nSPS) is 10.3. The molecule has 0 atom stereocenters. The van der Waals surface area contributed by atoms with E-state index in [1.54, 1.807) is 18.2 Å². The molecule has 0 spiro atoms. The lowest BCUT2D eigenvalue weighted by molar-refractivity contribution is 0.100. The first kappa shape index (κ1) is 10.9. The van der Waals surface area contributed by atoms with Crippen LogP contribution >= 0.6 is 11.6 Å². The summed E-state index contributed by atoms with van der Waals surface area (Å²) < 4.78 is 0. The van der Waals surface area contributed by atoms with E-state index in [-0.39, 0.29) is 0 Å². The van der Waals surface area contributed by atoms with Crippen LogP contribution in [0.5, 0.6) is 0 Å². The fraction of sp³-hybridized carbons (Fsp3) is 0.300. The monoisotopic (exact) mass is 212 g/mol. The zero-order valence-corrected chi connectivity index (χ0v) is 8.93. The molecule has 0 bridgehead atoms. The summed E-state index contributed by atoms with van der Waals surface area (Å²) in [6.45, 7) is 4.02. The highest BCUT2D eigenvalue weighted by atomic mass is 35.5.